The third-order valence-corrected chi connectivity index (χ3v) is 15.7. The molecule has 0 saturated heterocycles. The number of aromatic nitrogens is 2. The second kappa shape index (κ2) is 16.8. The molecule has 2 aliphatic carbocycles. The van der Waals surface area contributed by atoms with Crippen molar-refractivity contribution in [2.24, 2.45) is 0 Å². The van der Waals surface area contributed by atoms with Gasteiger partial charge in [-0.3, -0.25) is 0 Å². The van der Waals surface area contributed by atoms with Crippen molar-refractivity contribution in [2.45, 2.75) is 31.1 Å². The molecule has 2 heteroatoms. The Morgan fingerprint density at radius 2 is 0.648 bits per heavy atom. The van der Waals surface area contributed by atoms with Crippen LogP contribution in [0.2, 0.25) is 0 Å². The third kappa shape index (κ3) is 6.63. The summed E-state index contributed by atoms with van der Waals surface area (Å²) in [5, 5.41) is 4.93. The fourth-order valence-electron chi connectivity index (χ4n) is 12.6. The zero-order valence-electron chi connectivity index (χ0n) is 39.5. The van der Waals surface area contributed by atoms with Gasteiger partial charge in [-0.1, -0.05) is 213 Å². The van der Waals surface area contributed by atoms with E-state index >= 15 is 0 Å². The number of hydrogen-bond donors (Lipinski definition) is 0. The predicted octanol–water partition coefficient (Wildman–Crippen LogP) is 18.4. The van der Waals surface area contributed by atoms with E-state index in [4.69, 9.17) is 0 Å². The first-order valence-electron chi connectivity index (χ1n) is 25.2. The van der Waals surface area contributed by atoms with E-state index < -0.39 is 0 Å². The van der Waals surface area contributed by atoms with E-state index in [1.54, 1.807) is 0 Å². The van der Waals surface area contributed by atoms with Crippen molar-refractivity contribution in [2.75, 3.05) is 0 Å². The fourth-order valence-corrected chi connectivity index (χ4v) is 12.6. The minimum Gasteiger partial charge on any atom is -0.309 e. The van der Waals surface area contributed by atoms with Crippen LogP contribution in [0.4, 0.5) is 0 Å². The second-order valence-electron chi connectivity index (χ2n) is 19.5. The number of benzene rings is 10. The van der Waals surface area contributed by atoms with Gasteiger partial charge < -0.3 is 9.13 Å². The van der Waals surface area contributed by atoms with Crippen LogP contribution >= 0.6 is 0 Å². The van der Waals surface area contributed by atoms with Gasteiger partial charge in [-0.2, -0.15) is 0 Å². The summed E-state index contributed by atoms with van der Waals surface area (Å²) in [7, 11) is 0. The smallest absolute Gasteiger partial charge is 0.0535 e. The first-order valence-corrected chi connectivity index (χ1v) is 25.2. The van der Waals surface area contributed by atoms with Crippen molar-refractivity contribution in [3.05, 3.63) is 266 Å². The lowest BCUT2D eigenvalue weighted by atomic mass is 9.76. The van der Waals surface area contributed by atoms with E-state index in [9.17, 15) is 0 Å². The molecule has 0 radical (unpaired) electrons. The Hall–Kier alpha value is -8.72. The maximum absolute atomic E-state index is 2.60. The molecule has 0 amide bonds. The molecule has 2 heterocycles. The van der Waals surface area contributed by atoms with Crippen LogP contribution in [0.5, 0.6) is 0 Å². The lowest BCUT2D eigenvalue weighted by molar-refractivity contribution is 0.550. The summed E-state index contributed by atoms with van der Waals surface area (Å²) in [6, 6.07) is 94.8. The standard InChI is InChI=1S/C69H50N2/c1-6-20-47(21-7-1)63-38-39-64(48-22-8-2-9-23-48)70(63)53-34-37-58-59(45-53)67(51-28-14-5-15-29-51)57-36-33-54(71-65(49-24-10-3-11-25-49)40-41-66(71)50-26-12-4-13-27-50)46-60(57)68(58)52-32-35-56-55-30-16-17-31-61(55)69(62(56)44-52)42-18-19-43-69/h1-17,20-41,44-46H,18-19,42-43H2. The van der Waals surface area contributed by atoms with Crippen molar-refractivity contribution < 1.29 is 0 Å². The van der Waals surface area contributed by atoms with Crippen LogP contribution in [0, 0.1) is 0 Å². The summed E-state index contributed by atoms with van der Waals surface area (Å²) in [4.78, 5) is 0. The predicted molar refractivity (Wildman–Crippen MR) is 297 cm³/mol. The van der Waals surface area contributed by atoms with Gasteiger partial charge in [0.15, 0.2) is 0 Å². The normalized spacial score (nSPS) is 13.5. The van der Waals surface area contributed by atoms with Crippen LogP contribution in [-0.2, 0) is 5.41 Å². The summed E-state index contributed by atoms with van der Waals surface area (Å²) in [6.07, 6.45) is 4.87. The molecule has 0 bridgehead atoms. The monoisotopic (exact) mass is 906 g/mol. The van der Waals surface area contributed by atoms with Gasteiger partial charge in [0.05, 0.1) is 22.8 Å². The molecule has 2 aromatic heterocycles. The summed E-state index contributed by atoms with van der Waals surface area (Å²) >= 11 is 0. The Kier molecular flexibility index (Phi) is 9.74. The first-order chi connectivity index (χ1) is 35.2. The number of fused-ring (bicyclic) bond motifs is 7. The molecule has 71 heavy (non-hydrogen) atoms. The molecule has 0 atom stereocenters. The third-order valence-electron chi connectivity index (χ3n) is 15.7. The molecule has 336 valence electrons. The second-order valence-corrected chi connectivity index (χ2v) is 19.5. The van der Waals surface area contributed by atoms with Crippen LogP contribution in [0.1, 0.15) is 36.8 Å². The molecule has 12 aromatic rings. The molecule has 1 fully saturated rings. The quantitative estimate of drug-likeness (QED) is 0.134. The molecule has 2 nitrogen and oxygen atoms in total. The molecule has 1 saturated carbocycles. The molecule has 2 aliphatic rings. The largest absolute Gasteiger partial charge is 0.309 e. The van der Waals surface area contributed by atoms with Gasteiger partial charge >= 0.3 is 0 Å². The number of nitrogens with zero attached hydrogens (tertiary/aromatic N) is 2. The van der Waals surface area contributed by atoms with E-state index in [1.165, 1.54) is 114 Å². The Balaban J connectivity index is 1.09. The van der Waals surface area contributed by atoms with E-state index in [1.807, 2.05) is 0 Å². The highest BCUT2D eigenvalue weighted by Gasteiger charge is 2.45. The van der Waals surface area contributed by atoms with Gasteiger partial charge in [-0.15, -0.1) is 0 Å². The molecule has 14 rings (SSSR count). The highest BCUT2D eigenvalue weighted by atomic mass is 15.0. The summed E-state index contributed by atoms with van der Waals surface area (Å²) < 4.78 is 4.93. The molecule has 1 spiro atoms. The van der Waals surface area contributed by atoms with Crippen molar-refractivity contribution in [1.82, 2.24) is 9.13 Å². The zero-order valence-corrected chi connectivity index (χ0v) is 39.5. The summed E-state index contributed by atoms with van der Waals surface area (Å²) in [5.74, 6) is 0. The van der Waals surface area contributed by atoms with Crippen molar-refractivity contribution in [1.29, 1.82) is 0 Å². The molecular weight excluding hydrogens is 857 g/mol. The SMILES string of the molecule is c1ccc(-c2c3ccc(-n4c(-c5ccccc5)ccc4-c4ccccc4)cc3c(-c3ccc4c(c3)C3(CCCC3)c3ccccc3-4)c3ccc(-n4c(-c5ccccc5)ccc4-c4ccccc4)cc23)cc1. The van der Waals surface area contributed by atoms with Gasteiger partial charge in [0, 0.05) is 16.8 Å². The van der Waals surface area contributed by atoms with E-state index in [0.717, 1.165) is 34.2 Å². The van der Waals surface area contributed by atoms with Gasteiger partial charge in [-0.05, 0) is 156 Å². The average molecular weight is 907 g/mol. The molecule has 0 aliphatic heterocycles. The van der Waals surface area contributed by atoms with Gasteiger partial charge in [0.2, 0.25) is 0 Å². The van der Waals surface area contributed by atoms with Gasteiger partial charge in [0.1, 0.15) is 0 Å². The van der Waals surface area contributed by atoms with Crippen molar-refractivity contribution >= 4 is 21.5 Å². The Morgan fingerprint density at radius 3 is 1.10 bits per heavy atom. The Labute approximate surface area is 415 Å². The Morgan fingerprint density at radius 1 is 0.268 bits per heavy atom. The first kappa shape index (κ1) is 41.3. The number of rotatable bonds is 8. The molecule has 0 unspecified atom stereocenters. The topological polar surface area (TPSA) is 9.86 Å². The maximum Gasteiger partial charge on any atom is 0.0535 e. The van der Waals surface area contributed by atoms with E-state index in [0.29, 0.717) is 0 Å². The highest BCUT2D eigenvalue weighted by Crippen LogP contribution is 2.58. The van der Waals surface area contributed by atoms with Crippen LogP contribution in [0.25, 0.3) is 111 Å². The molecule has 0 N–H and O–H groups in total. The van der Waals surface area contributed by atoms with Crippen molar-refractivity contribution in [3.8, 4) is 89.8 Å². The van der Waals surface area contributed by atoms with Crippen molar-refractivity contribution in [3.63, 3.8) is 0 Å². The minimum absolute atomic E-state index is 0.0340. The summed E-state index contributed by atoms with van der Waals surface area (Å²) in [6.45, 7) is 0. The fraction of sp³-hybridized carbons (Fsp3) is 0.0725. The highest BCUT2D eigenvalue weighted by molar-refractivity contribution is 6.22. The number of hydrogen-bond acceptors (Lipinski definition) is 0. The van der Waals surface area contributed by atoms with Gasteiger partial charge in [-0.25, -0.2) is 0 Å². The van der Waals surface area contributed by atoms with Crippen LogP contribution in [0.15, 0.2) is 255 Å². The van der Waals surface area contributed by atoms with Crippen LogP contribution in [0.3, 0.4) is 0 Å². The van der Waals surface area contributed by atoms with Crippen LogP contribution in [-0.4, -0.2) is 9.13 Å². The lowest BCUT2D eigenvalue weighted by Gasteiger charge is -2.27. The van der Waals surface area contributed by atoms with Gasteiger partial charge in [0.25, 0.3) is 0 Å². The zero-order chi connectivity index (χ0) is 46.9. The minimum atomic E-state index is 0.0340. The molecule has 10 aromatic carbocycles. The summed E-state index contributed by atoms with van der Waals surface area (Å²) in [5.41, 5.74) is 22.4. The maximum atomic E-state index is 2.60. The van der Waals surface area contributed by atoms with Crippen LogP contribution < -0.4 is 0 Å². The van der Waals surface area contributed by atoms with E-state index in [-0.39, 0.29) is 5.41 Å². The average Bonchev–Trinajstić information content (AvgIpc) is 4.28. The molecular formula is C69H50N2. The lowest BCUT2D eigenvalue weighted by Crippen LogP contribution is -2.20. The Bertz CT molecular complexity index is 3840. The van der Waals surface area contributed by atoms with E-state index in [2.05, 4.69) is 264 Å².